The minimum Gasteiger partial charge on any atom is -0.457 e. The van der Waals surface area contributed by atoms with E-state index in [-0.39, 0.29) is 11.7 Å². The Morgan fingerprint density at radius 3 is 2.55 bits per heavy atom. The molecule has 0 saturated carbocycles. The van der Waals surface area contributed by atoms with Crippen molar-refractivity contribution in [2.45, 2.75) is 0 Å². The van der Waals surface area contributed by atoms with E-state index < -0.39 is 5.97 Å². The van der Waals surface area contributed by atoms with Crippen LogP contribution < -0.4 is 16.2 Å². The summed E-state index contributed by atoms with van der Waals surface area (Å²) in [6.45, 7) is 0. The molecular formula is C13H12N4O3. The van der Waals surface area contributed by atoms with Gasteiger partial charge in [0, 0.05) is 0 Å². The smallest absolute Gasteiger partial charge is 0.379 e. The van der Waals surface area contributed by atoms with Gasteiger partial charge in [0.15, 0.2) is 0 Å². The van der Waals surface area contributed by atoms with Crippen LogP contribution >= 0.6 is 0 Å². The molecule has 1 aromatic carbocycles. The molecule has 0 spiro atoms. The molecule has 7 nitrogen and oxygen atoms in total. The van der Waals surface area contributed by atoms with Gasteiger partial charge in [-0.2, -0.15) is 5.10 Å². The summed E-state index contributed by atoms with van der Waals surface area (Å²) in [5, 5.41) is 7.13. The van der Waals surface area contributed by atoms with Gasteiger partial charge in [-0.05, 0) is 42.0 Å². The highest BCUT2D eigenvalue weighted by Crippen LogP contribution is 2.13. The number of hydrogen-bond acceptors (Lipinski definition) is 5. The molecular weight excluding hydrogens is 260 g/mol. The number of nitrogens with two attached hydrogens (primary N) is 2. The maximum atomic E-state index is 11.6. The molecule has 0 aliphatic heterocycles. The molecule has 0 radical (unpaired) electrons. The molecule has 0 aliphatic carbocycles. The molecule has 1 aromatic heterocycles. The highest BCUT2D eigenvalue weighted by molar-refractivity contribution is 5.88. The van der Waals surface area contributed by atoms with Gasteiger partial charge in [-0.3, -0.25) is 0 Å². The summed E-state index contributed by atoms with van der Waals surface area (Å²) in [5.74, 6) is -0.143. The van der Waals surface area contributed by atoms with Crippen LogP contribution in [-0.2, 0) is 0 Å². The Hall–Kier alpha value is -3.09. The number of nitrogens with zero attached hydrogens (tertiary/aromatic N) is 2. The molecule has 2 rings (SSSR count). The van der Waals surface area contributed by atoms with E-state index in [9.17, 15) is 4.79 Å². The van der Waals surface area contributed by atoms with E-state index in [0.717, 1.165) is 5.56 Å². The zero-order valence-electron chi connectivity index (χ0n) is 10.4. The fourth-order valence-corrected chi connectivity index (χ4v) is 1.34. The van der Waals surface area contributed by atoms with Gasteiger partial charge in [0.25, 0.3) is 0 Å². The molecule has 0 saturated heterocycles. The Morgan fingerprint density at radius 1 is 1.20 bits per heavy atom. The van der Waals surface area contributed by atoms with Crippen molar-refractivity contribution in [3.63, 3.8) is 0 Å². The third-order valence-electron chi connectivity index (χ3n) is 2.19. The minimum atomic E-state index is -0.558. The summed E-state index contributed by atoms with van der Waals surface area (Å²) in [7, 11) is 0. The van der Waals surface area contributed by atoms with Gasteiger partial charge in [0.1, 0.15) is 5.75 Å². The topological polar surface area (TPSA) is 116 Å². The monoisotopic (exact) mass is 272 g/mol. The third kappa shape index (κ3) is 3.70. The van der Waals surface area contributed by atoms with Crippen LogP contribution in [0.25, 0.3) is 0 Å². The van der Waals surface area contributed by atoms with Crippen molar-refractivity contribution in [1.29, 1.82) is 0 Å². The first-order valence-electron chi connectivity index (χ1n) is 5.63. The first kappa shape index (κ1) is 13.3. The van der Waals surface area contributed by atoms with Gasteiger partial charge in [-0.1, -0.05) is 0 Å². The number of rotatable bonds is 4. The molecule has 4 N–H and O–H groups in total. The van der Waals surface area contributed by atoms with E-state index in [1.165, 1.54) is 18.5 Å². The number of furan rings is 1. The number of ether oxygens (including phenoxy) is 1. The van der Waals surface area contributed by atoms with E-state index in [4.69, 9.17) is 20.6 Å². The number of carbonyl (C=O) groups is 1. The number of hydrogen-bond donors (Lipinski definition) is 2. The molecule has 1 heterocycles. The first-order valence-corrected chi connectivity index (χ1v) is 5.63. The maximum absolute atomic E-state index is 11.6. The molecule has 0 atom stereocenters. The summed E-state index contributed by atoms with van der Waals surface area (Å²) in [6.07, 6.45) is 2.87. The highest BCUT2D eigenvalue weighted by Gasteiger charge is 2.10. The standard InChI is InChI=1S/C13H12N4O3/c14-13(15)17-16-8-9-3-5-10(6-4-9)20-12(18)11-2-1-7-19-11/h1-8H,(H4,14,15,17). The van der Waals surface area contributed by atoms with E-state index in [2.05, 4.69) is 10.2 Å². The molecule has 102 valence electrons. The quantitative estimate of drug-likeness (QED) is 0.284. The van der Waals surface area contributed by atoms with Crippen molar-refractivity contribution in [2.24, 2.45) is 21.7 Å². The van der Waals surface area contributed by atoms with Crippen LogP contribution in [0.2, 0.25) is 0 Å². The van der Waals surface area contributed by atoms with Gasteiger partial charge in [0.2, 0.25) is 11.7 Å². The molecule has 0 aliphatic rings. The predicted molar refractivity (Wildman–Crippen MR) is 73.5 cm³/mol. The van der Waals surface area contributed by atoms with Gasteiger partial charge in [-0.15, -0.1) is 5.10 Å². The zero-order valence-corrected chi connectivity index (χ0v) is 10.4. The van der Waals surface area contributed by atoms with Crippen LogP contribution in [0.3, 0.4) is 0 Å². The largest absolute Gasteiger partial charge is 0.457 e. The minimum absolute atomic E-state index is 0.120. The lowest BCUT2D eigenvalue weighted by atomic mass is 10.2. The van der Waals surface area contributed by atoms with E-state index in [1.807, 2.05) is 0 Å². The summed E-state index contributed by atoms with van der Waals surface area (Å²) < 4.78 is 10.0. The number of guanidine groups is 1. The normalized spacial score (nSPS) is 10.4. The summed E-state index contributed by atoms with van der Waals surface area (Å²) in [6, 6.07) is 9.79. The second kappa shape index (κ2) is 6.19. The van der Waals surface area contributed by atoms with Crippen LogP contribution in [0.15, 0.2) is 57.3 Å². The van der Waals surface area contributed by atoms with Crippen molar-refractivity contribution < 1.29 is 13.9 Å². The van der Waals surface area contributed by atoms with Crippen LogP contribution in [0, 0.1) is 0 Å². The van der Waals surface area contributed by atoms with Crippen molar-refractivity contribution in [3.05, 3.63) is 54.0 Å². The van der Waals surface area contributed by atoms with Gasteiger partial charge >= 0.3 is 5.97 Å². The Morgan fingerprint density at radius 2 is 1.95 bits per heavy atom. The molecule has 0 bridgehead atoms. The second-order valence-corrected chi connectivity index (χ2v) is 3.71. The number of esters is 1. The average Bonchev–Trinajstić information content (AvgIpc) is 2.94. The molecule has 20 heavy (non-hydrogen) atoms. The van der Waals surface area contributed by atoms with Crippen LogP contribution in [0.4, 0.5) is 0 Å². The lowest BCUT2D eigenvalue weighted by molar-refractivity contribution is 0.0701. The van der Waals surface area contributed by atoms with Gasteiger partial charge < -0.3 is 20.6 Å². The average molecular weight is 272 g/mol. The zero-order chi connectivity index (χ0) is 14.4. The molecule has 2 aromatic rings. The maximum Gasteiger partial charge on any atom is 0.379 e. The van der Waals surface area contributed by atoms with Crippen molar-refractivity contribution in [3.8, 4) is 5.75 Å². The Balaban J connectivity index is 2.00. The van der Waals surface area contributed by atoms with Crippen LogP contribution in [0.5, 0.6) is 5.75 Å². The van der Waals surface area contributed by atoms with Crippen molar-refractivity contribution in [1.82, 2.24) is 0 Å². The highest BCUT2D eigenvalue weighted by atomic mass is 16.5. The Labute approximate surface area is 114 Å². The number of carbonyl (C=O) groups excluding carboxylic acids is 1. The Bertz CT molecular complexity index is 626. The molecule has 0 unspecified atom stereocenters. The molecule has 7 heteroatoms. The van der Waals surface area contributed by atoms with Crippen molar-refractivity contribution >= 4 is 18.1 Å². The number of benzene rings is 1. The second-order valence-electron chi connectivity index (χ2n) is 3.71. The Kier molecular flexibility index (Phi) is 4.13. The van der Waals surface area contributed by atoms with Crippen LogP contribution in [-0.4, -0.2) is 18.1 Å². The van der Waals surface area contributed by atoms with Crippen LogP contribution in [0.1, 0.15) is 16.1 Å². The SMILES string of the molecule is NC(N)=NN=Cc1ccc(OC(=O)c2ccco2)cc1. The lowest BCUT2D eigenvalue weighted by Gasteiger charge is -2.02. The van der Waals surface area contributed by atoms with Gasteiger partial charge in [0.05, 0.1) is 12.5 Å². The van der Waals surface area contributed by atoms with Gasteiger partial charge in [-0.25, -0.2) is 4.79 Å². The summed E-state index contributed by atoms with van der Waals surface area (Å²) >= 11 is 0. The first-order chi connectivity index (χ1) is 9.65. The fourth-order valence-electron chi connectivity index (χ4n) is 1.34. The molecule has 0 fully saturated rings. The predicted octanol–water partition coefficient (Wildman–Crippen LogP) is 1.11. The summed E-state index contributed by atoms with van der Waals surface area (Å²) in [4.78, 5) is 11.6. The van der Waals surface area contributed by atoms with E-state index >= 15 is 0 Å². The lowest BCUT2D eigenvalue weighted by Crippen LogP contribution is -2.21. The van der Waals surface area contributed by atoms with E-state index in [0.29, 0.717) is 5.75 Å². The third-order valence-corrected chi connectivity index (χ3v) is 2.19. The molecule has 0 amide bonds. The fraction of sp³-hybridized carbons (Fsp3) is 0. The summed E-state index contributed by atoms with van der Waals surface area (Å²) in [5.41, 5.74) is 11.0. The van der Waals surface area contributed by atoms with Crippen molar-refractivity contribution in [2.75, 3.05) is 0 Å². The van der Waals surface area contributed by atoms with E-state index in [1.54, 1.807) is 30.3 Å².